The van der Waals surface area contributed by atoms with Crippen molar-refractivity contribution in [1.29, 1.82) is 0 Å². The van der Waals surface area contributed by atoms with Crippen LogP contribution in [0.2, 0.25) is 0 Å². The molecule has 0 rings (SSSR count). The number of carboxylic acid groups (broad SMARTS) is 1. The average Bonchev–Trinajstić information content (AvgIpc) is 2.00. The topological polar surface area (TPSA) is 80.7 Å². The van der Waals surface area contributed by atoms with Gasteiger partial charge in [-0.15, -0.1) is 0 Å². The van der Waals surface area contributed by atoms with Crippen LogP contribution >= 0.6 is 0 Å². The van der Waals surface area contributed by atoms with Crippen molar-refractivity contribution in [3.8, 4) is 0 Å². The Morgan fingerprint density at radius 2 is 1.60 bits per heavy atom. The summed E-state index contributed by atoms with van der Waals surface area (Å²) in [5.74, 6) is -3.17. The predicted molar refractivity (Wildman–Crippen MR) is 54.5 cm³/mol. The molecule has 0 heterocycles. The van der Waals surface area contributed by atoms with Crippen LogP contribution in [0.5, 0.6) is 0 Å². The van der Waals surface area contributed by atoms with E-state index in [0.29, 0.717) is 5.57 Å². The number of carbonyl (C=O) groups excluding carboxylic acids is 2. The van der Waals surface area contributed by atoms with Gasteiger partial charge >= 0.3 is 69.3 Å². The van der Waals surface area contributed by atoms with Crippen LogP contribution in [0, 0.1) is 0 Å². The average molecular weight is 240 g/mol. The zero-order chi connectivity index (χ0) is 11.3. The van der Waals surface area contributed by atoms with Crippen LogP contribution < -0.4 is 0 Å². The van der Waals surface area contributed by atoms with Gasteiger partial charge in [-0.25, -0.2) is 4.79 Å². The molecule has 0 aromatic rings. The number of carboxylic acids is 1. The van der Waals surface area contributed by atoms with Crippen LogP contribution in [-0.2, 0) is 19.1 Å². The number of hydrogen-bond acceptors (Lipinski definition) is 4. The van der Waals surface area contributed by atoms with Gasteiger partial charge < -0.3 is 9.84 Å². The summed E-state index contributed by atoms with van der Waals surface area (Å²) < 4.78 is 4.27. The van der Waals surface area contributed by atoms with Gasteiger partial charge in [0.15, 0.2) is 0 Å². The minimum atomic E-state index is -1.32. The predicted octanol–water partition coefficient (Wildman–Crippen LogP) is 0.239. The molecule has 0 aromatic heterocycles. The third-order valence-electron chi connectivity index (χ3n) is 1.56. The summed E-state index contributed by atoms with van der Waals surface area (Å²) in [5, 5.41) is 8.22. The van der Waals surface area contributed by atoms with Crippen molar-refractivity contribution >= 4 is 69.3 Å². The van der Waals surface area contributed by atoms with Crippen molar-refractivity contribution < 1.29 is 24.2 Å². The number of allylic oxidation sites excluding steroid dienone is 1. The van der Waals surface area contributed by atoms with Crippen molar-refractivity contribution in [2.45, 2.75) is 27.2 Å². The van der Waals surface area contributed by atoms with Gasteiger partial charge in [-0.05, 0) is 20.8 Å². The van der Waals surface area contributed by atoms with E-state index >= 15 is 0 Å². The van der Waals surface area contributed by atoms with E-state index in [0.717, 1.165) is 5.57 Å². The van der Waals surface area contributed by atoms with Crippen LogP contribution in [0.25, 0.3) is 0 Å². The molecule has 0 fully saturated rings. The van der Waals surface area contributed by atoms with E-state index in [9.17, 15) is 14.4 Å². The number of ether oxygens (including phenoxy) is 1. The third-order valence-corrected chi connectivity index (χ3v) is 1.56. The summed E-state index contributed by atoms with van der Waals surface area (Å²) in [6.07, 6.45) is -0.804. The van der Waals surface area contributed by atoms with Crippen LogP contribution in [-0.4, -0.2) is 74.4 Å². The molecule has 0 saturated carbocycles. The first-order chi connectivity index (χ1) is 6.34. The van der Waals surface area contributed by atoms with E-state index in [2.05, 4.69) is 4.74 Å². The Bertz CT molecular complexity index is 302. The molecular weight excluding hydrogens is 227 g/mol. The van der Waals surface area contributed by atoms with E-state index < -0.39 is 24.3 Å². The fourth-order valence-corrected chi connectivity index (χ4v) is 0.544. The van der Waals surface area contributed by atoms with Crippen LogP contribution in [0.1, 0.15) is 27.2 Å². The monoisotopic (exact) mass is 240 g/mol. The van der Waals surface area contributed by atoms with Gasteiger partial charge in [0.25, 0.3) is 0 Å². The second kappa shape index (κ2) is 8.17. The maximum atomic E-state index is 11.1. The number of carbonyl (C=O) groups is 3. The molecule has 1 N–H and O–H groups in total. The quantitative estimate of drug-likeness (QED) is 0.331. The molecule has 0 unspecified atom stereocenters. The maximum absolute atomic E-state index is 11.1. The van der Waals surface area contributed by atoms with Crippen molar-refractivity contribution in [1.82, 2.24) is 0 Å². The Kier molecular flexibility index (Phi) is 9.47. The molecule has 0 aliphatic heterocycles. The van der Waals surface area contributed by atoms with E-state index in [1.54, 1.807) is 13.8 Å². The molecular formula is C9H13KO5. The first-order valence-corrected chi connectivity index (χ1v) is 3.95. The molecule has 0 aliphatic rings. The summed E-state index contributed by atoms with van der Waals surface area (Å²) in [4.78, 5) is 31.9. The summed E-state index contributed by atoms with van der Waals surface area (Å²) in [6.45, 7) is 4.89. The fourth-order valence-electron chi connectivity index (χ4n) is 0.544. The minimum absolute atomic E-state index is 0. The van der Waals surface area contributed by atoms with E-state index in [4.69, 9.17) is 5.11 Å². The molecule has 6 heteroatoms. The molecule has 0 atom stereocenters. The normalized spacial score (nSPS) is 8.47. The number of hydrogen-bond donors (Lipinski definition) is 1. The van der Waals surface area contributed by atoms with Crippen LogP contribution in [0.4, 0.5) is 0 Å². The van der Waals surface area contributed by atoms with Gasteiger partial charge in [-0.2, -0.15) is 0 Å². The molecule has 5 nitrogen and oxygen atoms in total. The van der Waals surface area contributed by atoms with Gasteiger partial charge in [-0.3, -0.25) is 9.59 Å². The molecule has 0 aliphatic carbocycles. The number of esters is 2. The molecule has 15 heavy (non-hydrogen) atoms. The van der Waals surface area contributed by atoms with Gasteiger partial charge in [0.1, 0.15) is 6.42 Å². The second-order valence-corrected chi connectivity index (χ2v) is 2.96. The van der Waals surface area contributed by atoms with Crippen molar-refractivity contribution in [3.63, 3.8) is 0 Å². The SMILES string of the molecule is CC(C)=C(C)C(=O)OC(=O)CC(=O)O.[KH]. The van der Waals surface area contributed by atoms with Crippen molar-refractivity contribution in [2.24, 2.45) is 0 Å². The van der Waals surface area contributed by atoms with E-state index in [-0.39, 0.29) is 51.4 Å². The van der Waals surface area contributed by atoms with Gasteiger partial charge in [-0.1, -0.05) is 5.57 Å². The number of aliphatic carboxylic acids is 1. The Balaban J connectivity index is 0. The van der Waals surface area contributed by atoms with Crippen LogP contribution in [0.3, 0.4) is 0 Å². The molecule has 80 valence electrons. The zero-order valence-corrected chi connectivity index (χ0v) is 8.29. The van der Waals surface area contributed by atoms with Gasteiger partial charge in [0.05, 0.1) is 0 Å². The molecule has 0 saturated heterocycles. The zero-order valence-electron chi connectivity index (χ0n) is 8.29. The summed E-state index contributed by atoms with van der Waals surface area (Å²) >= 11 is 0. The molecule has 0 bridgehead atoms. The summed E-state index contributed by atoms with van der Waals surface area (Å²) in [5.41, 5.74) is 1.03. The Labute approximate surface area is 130 Å². The summed E-state index contributed by atoms with van der Waals surface area (Å²) in [6, 6.07) is 0. The number of rotatable bonds is 3. The Morgan fingerprint density at radius 1 is 1.13 bits per heavy atom. The first kappa shape index (κ1) is 17.4. The fraction of sp³-hybridized carbons (Fsp3) is 0.444. The third kappa shape index (κ3) is 7.86. The van der Waals surface area contributed by atoms with Gasteiger partial charge in [0.2, 0.25) is 0 Å². The molecule has 0 amide bonds. The van der Waals surface area contributed by atoms with Crippen LogP contribution in [0.15, 0.2) is 11.1 Å². The van der Waals surface area contributed by atoms with E-state index in [1.165, 1.54) is 6.92 Å². The molecule has 0 radical (unpaired) electrons. The molecule has 0 spiro atoms. The van der Waals surface area contributed by atoms with Gasteiger partial charge in [0, 0.05) is 5.57 Å². The Morgan fingerprint density at radius 3 is 1.93 bits per heavy atom. The standard InChI is InChI=1S/C9H12O5.K.H/c1-5(2)6(3)9(13)14-8(12)4-7(10)11;;/h4H2,1-3H3,(H,10,11);;. The van der Waals surface area contributed by atoms with Crippen molar-refractivity contribution in [3.05, 3.63) is 11.1 Å². The molecule has 0 aromatic carbocycles. The van der Waals surface area contributed by atoms with E-state index in [1.807, 2.05) is 0 Å². The summed E-state index contributed by atoms with van der Waals surface area (Å²) in [7, 11) is 0. The second-order valence-electron chi connectivity index (χ2n) is 2.96. The Hall–Kier alpha value is -0.0136. The first-order valence-electron chi connectivity index (χ1n) is 3.95. The van der Waals surface area contributed by atoms with Crippen molar-refractivity contribution in [2.75, 3.05) is 0 Å².